The summed E-state index contributed by atoms with van der Waals surface area (Å²) in [5.74, 6) is -1.39. The van der Waals surface area contributed by atoms with Crippen molar-refractivity contribution in [3.63, 3.8) is 0 Å². The fourth-order valence-electron chi connectivity index (χ4n) is 8.63. The highest BCUT2D eigenvalue weighted by molar-refractivity contribution is 7.86. The summed E-state index contributed by atoms with van der Waals surface area (Å²) in [6.45, 7) is 10.9. The minimum absolute atomic E-state index is 0.0113. The second-order valence-corrected chi connectivity index (χ2v) is 23.6. The first-order chi connectivity index (χ1) is 40.3. The van der Waals surface area contributed by atoms with E-state index in [2.05, 4.69) is 0 Å². The Morgan fingerprint density at radius 2 is 1.08 bits per heavy atom. The van der Waals surface area contributed by atoms with Crippen LogP contribution in [-0.2, 0) is 97.4 Å². The van der Waals surface area contributed by atoms with E-state index in [1.54, 1.807) is 19.2 Å². The largest absolute Gasteiger partial charge is 0.481 e. The Morgan fingerprint density at radius 1 is 0.595 bits per heavy atom. The third-order valence-electron chi connectivity index (χ3n) is 12.7. The molecule has 0 fully saturated rings. The molecule has 1 atom stereocenters. The molecular formula is C55H85N2O24S3+. The molecule has 2 aliphatic heterocycles. The van der Waals surface area contributed by atoms with Crippen LogP contribution < -0.4 is 14.8 Å². The lowest BCUT2D eigenvalue weighted by atomic mass is 9.77. The molecule has 4 rings (SSSR count). The van der Waals surface area contributed by atoms with Crippen molar-refractivity contribution in [1.82, 2.24) is 4.58 Å². The van der Waals surface area contributed by atoms with Crippen LogP contribution in [0.4, 0.5) is 5.69 Å². The van der Waals surface area contributed by atoms with Gasteiger partial charge in [0, 0.05) is 48.5 Å². The number of methoxy groups -OCH3 is 1. The van der Waals surface area contributed by atoms with Gasteiger partial charge in [-0.15, -0.1) is 0 Å². The molecule has 0 aromatic heterocycles. The van der Waals surface area contributed by atoms with Gasteiger partial charge >= 0.3 is 5.97 Å². The molecule has 1 unspecified atom stereocenters. The number of hydrogen-bond acceptors (Lipinski definition) is 21. The van der Waals surface area contributed by atoms with Crippen LogP contribution in [-0.4, -0.2) is 240 Å². The van der Waals surface area contributed by atoms with Crippen molar-refractivity contribution < 1.29 is 110 Å². The van der Waals surface area contributed by atoms with E-state index >= 15 is 0 Å². The third-order valence-corrected chi connectivity index (χ3v) is 15.2. The zero-order chi connectivity index (χ0) is 60.9. The predicted octanol–water partition coefficient (Wildman–Crippen LogP) is 3.33. The number of nitrogens with zero attached hydrogens (tertiary/aromatic N) is 2. The summed E-state index contributed by atoms with van der Waals surface area (Å²) < 4.78 is 175. The maximum Gasteiger partial charge on any atom is 0.305 e. The van der Waals surface area contributed by atoms with Crippen LogP contribution >= 0.6 is 0 Å². The van der Waals surface area contributed by atoms with Crippen LogP contribution in [0.5, 0.6) is 0 Å². The predicted molar refractivity (Wildman–Crippen MR) is 308 cm³/mol. The van der Waals surface area contributed by atoms with Gasteiger partial charge in [-0.3, -0.25) is 18.5 Å². The van der Waals surface area contributed by atoms with Gasteiger partial charge in [-0.25, -0.2) is 4.58 Å². The maximum atomic E-state index is 12.4. The molecule has 0 amide bonds. The Kier molecular flexibility index (Phi) is 34.5. The lowest BCUT2D eigenvalue weighted by Crippen LogP contribution is -2.35. The molecule has 4 N–H and O–H groups in total. The van der Waals surface area contributed by atoms with Crippen molar-refractivity contribution in [2.45, 2.75) is 42.9 Å². The van der Waals surface area contributed by atoms with Crippen LogP contribution in [0.15, 0.2) is 75.9 Å². The summed E-state index contributed by atoms with van der Waals surface area (Å²) >= 11 is 0. The molecule has 1 aromatic rings. The molecule has 1 aliphatic carbocycles. The van der Waals surface area contributed by atoms with Gasteiger partial charge in [-0.2, -0.15) is 25.3 Å². The molecule has 0 bridgehead atoms. The molecule has 1 aromatic carbocycles. The van der Waals surface area contributed by atoms with Gasteiger partial charge in [0.05, 0.1) is 181 Å². The standard InChI is InChI=1S/C55H84N2O24S3/c1-55(14-4-42-82(60,61)62)50-45-48(84(66,67)68)9-11-51(50)57(17-21-72-26-29-76-34-37-80-41-40-78-35-32-74-27-24-70-18-13-54(58)59)53(55)7-3-6-46-12-19-81-52-44-47(8-10-49(46)52)56(15-5-43-83(63,64)65)16-20-71-25-28-75-33-36-79-39-38-77-31-30-73-23-22-69-2/h3,6-12,19,44-45H,4-5,13-18,20-43H2,1-2H3,(H3-,58,59,60,61,62,63,64,65,66,67,68)/p+1. The van der Waals surface area contributed by atoms with Gasteiger partial charge in [0.15, 0.2) is 6.54 Å². The van der Waals surface area contributed by atoms with Crippen molar-refractivity contribution in [3.8, 4) is 11.3 Å². The van der Waals surface area contributed by atoms with Gasteiger partial charge in [-0.05, 0) is 67.3 Å². The van der Waals surface area contributed by atoms with Crippen molar-refractivity contribution in [1.29, 1.82) is 0 Å². The molecule has 0 saturated carbocycles. The Hall–Kier alpha value is -4.35. The second-order valence-electron chi connectivity index (χ2n) is 19.0. The molecule has 29 heteroatoms. The lowest BCUT2D eigenvalue weighted by molar-refractivity contribution is -0.138. The van der Waals surface area contributed by atoms with E-state index in [0.717, 1.165) is 11.1 Å². The summed E-state index contributed by atoms with van der Waals surface area (Å²) in [7, 11) is -11.6. The molecule has 0 radical (unpaired) electrons. The van der Waals surface area contributed by atoms with Gasteiger partial charge in [0.2, 0.25) is 5.36 Å². The van der Waals surface area contributed by atoms with Crippen molar-refractivity contribution in [3.05, 3.63) is 83.1 Å². The second kappa shape index (κ2) is 40.2. The molecule has 2 heterocycles. The Bertz CT molecular complexity index is 2810. The highest BCUT2D eigenvalue weighted by Crippen LogP contribution is 2.51. The Morgan fingerprint density at radius 3 is 1.58 bits per heavy atom. The van der Waals surface area contributed by atoms with Gasteiger partial charge in [0.1, 0.15) is 18.9 Å². The smallest absolute Gasteiger partial charge is 0.305 e. The fourth-order valence-corrected chi connectivity index (χ4v) is 10.1. The number of carboxylic acid groups (broad SMARTS) is 1. The third kappa shape index (κ3) is 29.4. The zero-order valence-electron chi connectivity index (χ0n) is 48.1. The summed E-state index contributed by atoms with van der Waals surface area (Å²) in [6.07, 6.45) is 7.29. The molecule has 26 nitrogen and oxygen atoms in total. The SMILES string of the molecule is COCCOCCOCCOCCOCCOCC[N+](CCCS(=O)(=O)O)=c1ccc2c(C=CC=C3N(CCOCCOCCOCCOCCOCCOCCC(=O)O)c4ccc(S(=O)(=O)O)cc4C3(C)CCCS(=O)(=O)O)ccoc-2c1. The number of allylic oxidation sites excluding steroid dienone is 3. The first-order valence-corrected chi connectivity index (χ1v) is 32.3. The summed E-state index contributed by atoms with van der Waals surface area (Å²) in [5.41, 5.74) is 2.23. The molecular weight excluding hydrogens is 1170 g/mol. The highest BCUT2D eigenvalue weighted by Gasteiger charge is 2.44. The number of benzene rings is 2. The molecule has 0 spiro atoms. The average molecular weight is 1250 g/mol. The number of hydrogen-bond donors (Lipinski definition) is 4. The minimum Gasteiger partial charge on any atom is -0.481 e. The van der Waals surface area contributed by atoms with E-state index < -0.39 is 53.2 Å². The van der Waals surface area contributed by atoms with Crippen molar-refractivity contribution in [2.24, 2.45) is 0 Å². The van der Waals surface area contributed by atoms with E-state index in [9.17, 15) is 43.7 Å². The summed E-state index contributed by atoms with van der Waals surface area (Å²) in [4.78, 5) is 12.1. The quantitative estimate of drug-likeness (QED) is 0.0358. The number of anilines is 1. The van der Waals surface area contributed by atoms with Crippen LogP contribution in [0.25, 0.3) is 17.4 Å². The first kappa shape index (κ1) is 72.1. The highest BCUT2D eigenvalue weighted by atomic mass is 32.2. The Balaban J connectivity index is 1.39. The number of ether oxygens (including phenoxy) is 12. The van der Waals surface area contributed by atoms with E-state index in [0.29, 0.717) is 154 Å². The van der Waals surface area contributed by atoms with E-state index in [1.807, 2.05) is 52.8 Å². The van der Waals surface area contributed by atoms with Gasteiger partial charge in [0.25, 0.3) is 30.4 Å². The lowest BCUT2D eigenvalue weighted by Gasteiger charge is -2.30. The fraction of sp³-hybridized carbons (Fsp3) is 0.636. The van der Waals surface area contributed by atoms with Gasteiger partial charge in [-0.1, -0.05) is 12.2 Å². The minimum atomic E-state index is -4.64. The van der Waals surface area contributed by atoms with E-state index in [-0.39, 0.29) is 76.7 Å². The first-order valence-electron chi connectivity index (χ1n) is 27.7. The average Bonchev–Trinajstić information content (AvgIpc) is 1.71. The van der Waals surface area contributed by atoms with Crippen LogP contribution in [0.3, 0.4) is 0 Å². The summed E-state index contributed by atoms with van der Waals surface area (Å²) in [5, 5.41) is 9.33. The number of carboxylic acids is 1. The molecule has 84 heavy (non-hydrogen) atoms. The monoisotopic (exact) mass is 1250 g/mol. The zero-order valence-corrected chi connectivity index (χ0v) is 50.5. The summed E-state index contributed by atoms with van der Waals surface area (Å²) in [6, 6.07) is 11.6. The van der Waals surface area contributed by atoms with E-state index in [1.165, 1.54) is 18.4 Å². The molecule has 0 saturated heterocycles. The van der Waals surface area contributed by atoms with Crippen LogP contribution in [0.1, 0.15) is 43.7 Å². The topological polar surface area (TPSA) is 331 Å². The number of carbonyl (C=O) groups is 1. The molecule has 3 aliphatic rings. The normalized spacial score (nSPS) is 15.7. The Labute approximate surface area is 493 Å². The van der Waals surface area contributed by atoms with Crippen LogP contribution in [0, 0.1) is 0 Å². The number of aliphatic carboxylic acids is 1. The number of rotatable bonds is 50. The number of fused-ring (bicyclic) bond motifs is 2. The van der Waals surface area contributed by atoms with Gasteiger partial charge < -0.3 is 71.3 Å². The van der Waals surface area contributed by atoms with Crippen LogP contribution in [0.2, 0.25) is 0 Å². The van der Waals surface area contributed by atoms with Crippen molar-refractivity contribution >= 4 is 48.1 Å². The maximum absolute atomic E-state index is 12.4. The molecule has 476 valence electrons. The van der Waals surface area contributed by atoms with Crippen molar-refractivity contribution in [2.75, 3.05) is 195 Å². The van der Waals surface area contributed by atoms with E-state index in [4.69, 9.17) is 66.4 Å².